The summed E-state index contributed by atoms with van der Waals surface area (Å²) < 4.78 is 49.2. The van der Waals surface area contributed by atoms with Gasteiger partial charge in [0.25, 0.3) is 0 Å². The Labute approximate surface area is 192 Å². The lowest BCUT2D eigenvalue weighted by atomic mass is 10.1. The first-order valence-corrected chi connectivity index (χ1v) is 12.1. The molecule has 0 aromatic heterocycles. The Morgan fingerprint density at radius 3 is 2.62 bits per heavy atom. The first-order valence-electron chi connectivity index (χ1n) is 10.3. The number of carbonyl (C=O) groups excluding carboxylic acids is 1. The van der Waals surface area contributed by atoms with E-state index in [-0.39, 0.29) is 30.2 Å². The monoisotopic (exact) mass is 481 g/mol. The highest BCUT2D eigenvalue weighted by atomic mass is 35.5. The molecule has 0 spiro atoms. The first kappa shape index (κ1) is 22.8. The summed E-state index contributed by atoms with van der Waals surface area (Å²) in [5.74, 6) is 0.372. The van der Waals surface area contributed by atoms with Crippen LogP contribution in [0.25, 0.3) is 0 Å². The van der Waals surface area contributed by atoms with Crippen LogP contribution in [0.15, 0.2) is 35.2 Å². The number of benzene rings is 2. The number of rotatable bonds is 5. The van der Waals surface area contributed by atoms with Crippen molar-refractivity contribution in [3.63, 3.8) is 0 Å². The van der Waals surface area contributed by atoms with Crippen LogP contribution in [-0.4, -0.2) is 58.2 Å². The number of sulfonamides is 1. The van der Waals surface area contributed by atoms with Crippen molar-refractivity contribution in [2.75, 3.05) is 39.5 Å². The molecule has 172 valence electrons. The Bertz CT molecular complexity index is 1110. The molecule has 8 nitrogen and oxygen atoms in total. The number of aryl methyl sites for hydroxylation is 1. The molecule has 0 saturated carbocycles. The van der Waals surface area contributed by atoms with Gasteiger partial charge in [-0.2, -0.15) is 4.31 Å². The number of hydrogen-bond donors (Lipinski definition) is 0. The minimum absolute atomic E-state index is 0.0466. The Morgan fingerprint density at radius 1 is 1.09 bits per heavy atom. The maximum absolute atomic E-state index is 12.9. The van der Waals surface area contributed by atoms with Gasteiger partial charge in [-0.05, 0) is 42.3 Å². The standard InChI is InChI=1S/C22H24ClNO7S/c1-15-3-4-17(32(26,27)24-5-9-28-10-6-24)13-18(15)22(25)31-14-16-11-19(23)21-20(12-16)29-7-2-8-30-21/h3-4,11-13H,2,5-10,14H2,1H3. The van der Waals surface area contributed by atoms with Gasteiger partial charge in [0.2, 0.25) is 10.0 Å². The second-order valence-corrected chi connectivity index (χ2v) is 9.87. The number of halogens is 1. The Morgan fingerprint density at radius 2 is 1.84 bits per heavy atom. The van der Waals surface area contributed by atoms with Gasteiger partial charge < -0.3 is 18.9 Å². The van der Waals surface area contributed by atoms with E-state index in [1.165, 1.54) is 16.4 Å². The Balaban J connectivity index is 1.51. The molecule has 1 fully saturated rings. The van der Waals surface area contributed by atoms with Gasteiger partial charge in [0.05, 0.1) is 41.9 Å². The maximum atomic E-state index is 12.9. The molecule has 0 N–H and O–H groups in total. The molecule has 4 rings (SSSR count). The molecule has 2 aromatic rings. The van der Waals surface area contributed by atoms with Gasteiger partial charge in [0.15, 0.2) is 11.5 Å². The fourth-order valence-electron chi connectivity index (χ4n) is 3.51. The van der Waals surface area contributed by atoms with Crippen molar-refractivity contribution in [1.82, 2.24) is 4.31 Å². The highest BCUT2D eigenvalue weighted by Crippen LogP contribution is 2.38. The summed E-state index contributed by atoms with van der Waals surface area (Å²) >= 11 is 6.30. The number of nitrogens with zero attached hydrogens (tertiary/aromatic N) is 1. The molecule has 0 atom stereocenters. The fourth-order valence-corrected chi connectivity index (χ4v) is 5.23. The van der Waals surface area contributed by atoms with Gasteiger partial charge in [-0.15, -0.1) is 0 Å². The van der Waals surface area contributed by atoms with Crippen LogP contribution in [0.1, 0.15) is 27.9 Å². The molecule has 2 aromatic carbocycles. The minimum atomic E-state index is -3.72. The lowest BCUT2D eigenvalue weighted by Gasteiger charge is -2.26. The van der Waals surface area contributed by atoms with Crippen LogP contribution < -0.4 is 9.47 Å². The second kappa shape index (κ2) is 9.66. The van der Waals surface area contributed by atoms with Gasteiger partial charge in [-0.25, -0.2) is 13.2 Å². The van der Waals surface area contributed by atoms with Crippen LogP contribution in [0.5, 0.6) is 11.5 Å². The van der Waals surface area contributed by atoms with Gasteiger partial charge in [-0.1, -0.05) is 17.7 Å². The largest absolute Gasteiger partial charge is 0.489 e. The average molecular weight is 482 g/mol. The number of morpholine rings is 1. The van der Waals surface area contributed by atoms with Crippen LogP contribution in [-0.2, 0) is 26.1 Å². The summed E-state index contributed by atoms with van der Waals surface area (Å²) in [4.78, 5) is 12.8. The number of hydrogen-bond acceptors (Lipinski definition) is 7. The predicted molar refractivity (Wildman–Crippen MR) is 117 cm³/mol. The summed E-state index contributed by atoms with van der Waals surface area (Å²) in [6, 6.07) is 7.86. The van der Waals surface area contributed by atoms with E-state index < -0.39 is 16.0 Å². The summed E-state index contributed by atoms with van der Waals surface area (Å²) in [7, 11) is -3.72. The van der Waals surface area contributed by atoms with Crippen molar-refractivity contribution in [1.29, 1.82) is 0 Å². The number of fused-ring (bicyclic) bond motifs is 1. The van der Waals surface area contributed by atoms with E-state index in [1.807, 2.05) is 0 Å². The molecule has 0 aliphatic carbocycles. The van der Waals surface area contributed by atoms with Crippen LogP contribution in [0, 0.1) is 6.92 Å². The van der Waals surface area contributed by atoms with Crippen molar-refractivity contribution in [2.24, 2.45) is 0 Å². The smallest absolute Gasteiger partial charge is 0.338 e. The molecule has 0 bridgehead atoms. The zero-order valence-corrected chi connectivity index (χ0v) is 19.2. The molecule has 2 heterocycles. The summed E-state index contributed by atoms with van der Waals surface area (Å²) in [5.41, 5.74) is 1.45. The topological polar surface area (TPSA) is 91.4 Å². The Hall–Kier alpha value is -2.33. The van der Waals surface area contributed by atoms with Crippen molar-refractivity contribution >= 4 is 27.6 Å². The van der Waals surface area contributed by atoms with Gasteiger partial charge in [0.1, 0.15) is 6.61 Å². The highest BCUT2D eigenvalue weighted by Gasteiger charge is 2.27. The molecule has 2 aliphatic heterocycles. The SMILES string of the molecule is Cc1ccc(S(=O)(=O)N2CCOCC2)cc1C(=O)OCc1cc(Cl)c2c(c1)OCCCO2. The minimum Gasteiger partial charge on any atom is -0.489 e. The van der Waals surface area contributed by atoms with E-state index in [4.69, 9.17) is 30.5 Å². The van der Waals surface area contributed by atoms with Gasteiger partial charge in [-0.3, -0.25) is 0 Å². The lowest BCUT2D eigenvalue weighted by molar-refractivity contribution is 0.0471. The number of esters is 1. The summed E-state index contributed by atoms with van der Waals surface area (Å²) in [5, 5.41) is 0.380. The van der Waals surface area contributed by atoms with Crippen LogP contribution in [0.2, 0.25) is 5.02 Å². The van der Waals surface area contributed by atoms with E-state index in [2.05, 4.69) is 0 Å². The zero-order chi connectivity index (χ0) is 22.7. The van der Waals surface area contributed by atoms with Crippen LogP contribution in [0.4, 0.5) is 0 Å². The molecular formula is C22H24ClNO7S. The molecule has 0 amide bonds. The summed E-state index contributed by atoms with van der Waals surface area (Å²) in [6.07, 6.45) is 0.748. The van der Waals surface area contributed by atoms with Gasteiger partial charge in [0, 0.05) is 19.5 Å². The third-order valence-corrected chi connectivity index (χ3v) is 7.44. The highest BCUT2D eigenvalue weighted by molar-refractivity contribution is 7.89. The van der Waals surface area contributed by atoms with E-state index in [0.717, 1.165) is 6.42 Å². The molecule has 0 unspecified atom stereocenters. The van der Waals surface area contributed by atoms with Gasteiger partial charge >= 0.3 is 5.97 Å². The maximum Gasteiger partial charge on any atom is 0.338 e. The molecule has 10 heteroatoms. The third kappa shape index (κ3) is 4.85. The van der Waals surface area contributed by atoms with Crippen LogP contribution in [0.3, 0.4) is 0 Å². The normalized spacial score (nSPS) is 16.9. The second-order valence-electron chi connectivity index (χ2n) is 7.52. The van der Waals surface area contributed by atoms with Crippen LogP contribution >= 0.6 is 11.6 Å². The fraction of sp³-hybridized carbons (Fsp3) is 0.409. The molecular weight excluding hydrogens is 458 g/mol. The molecule has 1 saturated heterocycles. The molecule has 32 heavy (non-hydrogen) atoms. The summed E-state index contributed by atoms with van der Waals surface area (Å²) in [6.45, 7) is 3.96. The quantitative estimate of drug-likeness (QED) is 0.605. The predicted octanol–water partition coefficient (Wildman–Crippen LogP) is 3.19. The van der Waals surface area contributed by atoms with E-state index in [0.29, 0.717) is 54.1 Å². The lowest BCUT2D eigenvalue weighted by Crippen LogP contribution is -2.40. The van der Waals surface area contributed by atoms with E-state index in [9.17, 15) is 13.2 Å². The Kier molecular flexibility index (Phi) is 6.90. The zero-order valence-electron chi connectivity index (χ0n) is 17.6. The van der Waals surface area contributed by atoms with E-state index in [1.54, 1.807) is 25.1 Å². The van der Waals surface area contributed by atoms with Crippen molar-refractivity contribution in [3.05, 3.63) is 52.0 Å². The van der Waals surface area contributed by atoms with Crippen molar-refractivity contribution in [2.45, 2.75) is 24.8 Å². The molecule has 0 radical (unpaired) electrons. The van der Waals surface area contributed by atoms with E-state index >= 15 is 0 Å². The average Bonchev–Trinajstić information content (AvgIpc) is 3.04. The number of ether oxygens (including phenoxy) is 4. The molecule has 2 aliphatic rings. The van der Waals surface area contributed by atoms with Crippen molar-refractivity contribution in [3.8, 4) is 11.5 Å². The third-order valence-electron chi connectivity index (χ3n) is 5.27. The first-order chi connectivity index (χ1) is 15.4. The number of carbonyl (C=O) groups is 1. The van der Waals surface area contributed by atoms with Crippen molar-refractivity contribution < 1.29 is 32.2 Å².